The third-order valence-electron chi connectivity index (χ3n) is 24.9. The minimum absolute atomic E-state index is 0. The molecule has 10 bridgehead atoms. The van der Waals surface area contributed by atoms with Crippen LogP contribution < -0.4 is 0 Å². The predicted octanol–water partition coefficient (Wildman–Crippen LogP) is 21.0. The van der Waals surface area contributed by atoms with Crippen LogP contribution in [0.25, 0.3) is 0 Å². The molecule has 2 heterocycles. The van der Waals surface area contributed by atoms with Crippen molar-refractivity contribution in [3.8, 4) is 0 Å². The van der Waals surface area contributed by atoms with Crippen molar-refractivity contribution in [2.45, 2.75) is 400 Å². The van der Waals surface area contributed by atoms with Crippen LogP contribution in [0.2, 0.25) is 0 Å². The second kappa shape index (κ2) is 40.6. The van der Waals surface area contributed by atoms with E-state index in [4.69, 9.17) is 37.9 Å². The standard InChI is InChI=1S/C19H32O2.C16H22O6.C16H26O3.C14H26O2.C10H16O4.10CH4/c1-6-18(4,5)17(20)21-19(12(2)3)15-8-13-7-14(10-15)11-16(19)9-13;1-4-16(2,3)15(19)20-7-11(17)21-12-8-5-9-10(6-8)14(18)22-13(9)12;1-4-14(2,3)13(17)19-16-8-11-5-12(9-16)7-15(18,6-11)10-16;1-5-13(3,4)12(15)16-14(6-2)10-8-7-9-11-14;1-4-10(2,3)9(12)14-7-5-6-13-8(7)11;;;;;;;;;;/h12-16H,6-11H2,1-5H3;8-10,12-13H,4-7H2,1-3H3;11-12,18H,4-10H2,1-3H3;5-11H2,1-4H3;7H,4-6H2,1-3H3;10*1H4. The molecule has 2 aliphatic heterocycles. The molecule has 0 spiro atoms. The average Bonchev–Trinajstić information content (AvgIpc) is 0.813. The van der Waals surface area contributed by atoms with Gasteiger partial charge in [0.2, 0.25) is 6.10 Å². The summed E-state index contributed by atoms with van der Waals surface area (Å²) < 4.78 is 43.8. The van der Waals surface area contributed by atoms with Crippen LogP contribution in [0, 0.1) is 86.3 Å². The summed E-state index contributed by atoms with van der Waals surface area (Å²) in [6.45, 7) is 35.6. The molecule has 13 rings (SSSR count). The summed E-state index contributed by atoms with van der Waals surface area (Å²) in [4.78, 5) is 95.3. The van der Waals surface area contributed by atoms with Gasteiger partial charge in [0, 0.05) is 24.7 Å². The van der Waals surface area contributed by atoms with Gasteiger partial charge in [-0.25, -0.2) is 9.59 Å². The number of carbonyl (C=O) groups is 8. The first kappa shape index (κ1) is 104. The van der Waals surface area contributed by atoms with Gasteiger partial charge in [-0.2, -0.15) is 0 Å². The van der Waals surface area contributed by atoms with E-state index in [1.54, 1.807) is 27.7 Å². The maximum atomic E-state index is 12.8. The molecule has 17 heteroatoms. The maximum absolute atomic E-state index is 12.8. The molecule has 0 aromatic heterocycles. The second-order valence-electron chi connectivity index (χ2n) is 33.9. The predicted molar refractivity (Wildman–Crippen MR) is 415 cm³/mol. The quantitative estimate of drug-likeness (QED) is 0.0936. The summed E-state index contributed by atoms with van der Waals surface area (Å²) in [6, 6.07) is 0. The molecule has 8 atom stereocenters. The lowest BCUT2D eigenvalue weighted by Gasteiger charge is -2.62. The van der Waals surface area contributed by atoms with Crippen molar-refractivity contribution in [3.05, 3.63) is 0 Å². The third-order valence-corrected chi connectivity index (χ3v) is 24.9. The first-order valence-electron chi connectivity index (χ1n) is 36.2. The molecule has 102 heavy (non-hydrogen) atoms. The first-order valence-corrected chi connectivity index (χ1v) is 36.2. The Balaban J connectivity index is -0.000000579. The van der Waals surface area contributed by atoms with Gasteiger partial charge < -0.3 is 43.0 Å². The van der Waals surface area contributed by atoms with Crippen molar-refractivity contribution in [2.75, 3.05) is 13.2 Å². The number of esters is 8. The van der Waals surface area contributed by atoms with E-state index in [1.165, 1.54) is 57.8 Å². The van der Waals surface area contributed by atoms with Gasteiger partial charge in [-0.15, -0.1) is 0 Å². The van der Waals surface area contributed by atoms with E-state index in [2.05, 4.69) is 27.7 Å². The molecule has 0 radical (unpaired) electrons. The Morgan fingerprint density at radius 3 is 1.36 bits per heavy atom. The van der Waals surface area contributed by atoms with Gasteiger partial charge in [0.05, 0.1) is 45.2 Å². The molecule has 0 aromatic rings. The summed E-state index contributed by atoms with van der Waals surface area (Å²) in [5.74, 6) is 3.03. The summed E-state index contributed by atoms with van der Waals surface area (Å²) in [7, 11) is 0. The van der Waals surface area contributed by atoms with Gasteiger partial charge >= 0.3 is 47.8 Å². The average molecular weight is 1460 g/mol. The van der Waals surface area contributed by atoms with E-state index in [9.17, 15) is 43.5 Å². The maximum Gasteiger partial charge on any atom is 0.347 e. The number of carbonyl (C=O) groups excluding carboxylic acids is 8. The number of hydrogen-bond acceptors (Lipinski definition) is 17. The van der Waals surface area contributed by atoms with Crippen LogP contribution in [0.5, 0.6) is 0 Å². The van der Waals surface area contributed by atoms with E-state index >= 15 is 0 Å². The molecular weight excluding hydrogens is 1290 g/mol. The van der Waals surface area contributed by atoms with Crippen LogP contribution in [-0.4, -0.2) is 107 Å². The van der Waals surface area contributed by atoms with Crippen LogP contribution in [-0.2, 0) is 76.3 Å². The van der Waals surface area contributed by atoms with Crippen LogP contribution in [0.1, 0.15) is 359 Å². The van der Waals surface area contributed by atoms with Gasteiger partial charge in [-0.1, -0.05) is 136 Å². The summed E-state index contributed by atoms with van der Waals surface area (Å²) in [5.41, 5.74) is -3.46. The molecule has 2 saturated heterocycles. The van der Waals surface area contributed by atoms with Gasteiger partial charge in [0.15, 0.2) is 6.61 Å². The molecule has 1 N–H and O–H groups in total. The van der Waals surface area contributed by atoms with Crippen LogP contribution >= 0.6 is 0 Å². The fraction of sp³-hybridized carbons (Fsp3) is 0.906. The molecular formula is C85H162O17. The van der Waals surface area contributed by atoms with Crippen molar-refractivity contribution in [2.24, 2.45) is 86.3 Å². The Morgan fingerprint density at radius 2 is 0.941 bits per heavy atom. The highest BCUT2D eigenvalue weighted by Crippen LogP contribution is 2.63. The first-order chi connectivity index (χ1) is 42.8. The Kier molecular flexibility index (Phi) is 41.4. The van der Waals surface area contributed by atoms with Crippen molar-refractivity contribution in [1.29, 1.82) is 0 Å². The number of ether oxygens (including phenoxy) is 8. The molecule has 0 aromatic carbocycles. The highest BCUT2D eigenvalue weighted by molar-refractivity contribution is 5.83. The monoisotopic (exact) mass is 1460 g/mol. The van der Waals surface area contributed by atoms with Crippen molar-refractivity contribution in [1.82, 2.24) is 0 Å². The van der Waals surface area contributed by atoms with Gasteiger partial charge in [0.25, 0.3) is 0 Å². The molecule has 13 aliphatic rings. The highest BCUT2D eigenvalue weighted by Gasteiger charge is 2.65. The van der Waals surface area contributed by atoms with Crippen molar-refractivity contribution < 1.29 is 81.4 Å². The number of aliphatic hydroxyl groups is 1. The lowest BCUT2D eigenvalue weighted by Crippen LogP contribution is -2.63. The lowest BCUT2D eigenvalue weighted by atomic mass is 9.47. The number of rotatable bonds is 19. The largest absolute Gasteiger partial charge is 0.463 e. The summed E-state index contributed by atoms with van der Waals surface area (Å²) in [5, 5.41) is 10.6. The molecule has 11 saturated carbocycles. The number of fused-ring (bicyclic) bond motifs is 1. The molecule has 8 unspecified atom stereocenters. The molecule has 17 nitrogen and oxygen atoms in total. The third kappa shape index (κ3) is 23.4. The molecule has 0 amide bonds. The SMILES string of the molecule is C.C.C.C.C.C.C.C.C.C.CCC(C)(C)C(=O)OC1(C(C)C)C2CC3CC(C2)CC1C3.CCC(C)(C)C(=O)OC12CC3CC(CC(O)(C3)C1)C2.CCC(C)(C)C(=O)OC1CCOC1=O.CCC(C)(C)C(=O)OCC(=O)OC1C2CC3C(=O)OC1C3C2.CCC1(OC(=O)C(C)(C)CC)CCCCC1. The van der Waals surface area contributed by atoms with Crippen molar-refractivity contribution in [3.63, 3.8) is 0 Å². The van der Waals surface area contributed by atoms with E-state index in [1.807, 2.05) is 69.2 Å². The van der Waals surface area contributed by atoms with Crippen LogP contribution in [0.15, 0.2) is 0 Å². The Hall–Kier alpha value is -4.28. The smallest absolute Gasteiger partial charge is 0.347 e. The number of cyclic esters (lactones) is 1. The topological polar surface area (TPSA) is 231 Å². The zero-order chi connectivity index (χ0) is 68.4. The van der Waals surface area contributed by atoms with Crippen LogP contribution in [0.4, 0.5) is 0 Å². The summed E-state index contributed by atoms with van der Waals surface area (Å²) in [6.07, 6.45) is 23.6. The number of hydrogen-bond donors (Lipinski definition) is 1. The zero-order valence-corrected chi connectivity index (χ0v) is 60.1. The van der Waals surface area contributed by atoms with E-state index in [0.29, 0.717) is 61.9 Å². The highest BCUT2D eigenvalue weighted by atomic mass is 16.6. The van der Waals surface area contributed by atoms with Gasteiger partial charge in [-0.05, 0) is 252 Å². The van der Waals surface area contributed by atoms with Crippen molar-refractivity contribution >= 4 is 47.8 Å². The fourth-order valence-electron chi connectivity index (χ4n) is 17.3. The van der Waals surface area contributed by atoms with Gasteiger partial charge in [0.1, 0.15) is 29.0 Å². The Morgan fingerprint density at radius 1 is 0.510 bits per heavy atom. The van der Waals surface area contributed by atoms with Crippen LogP contribution in [0.3, 0.4) is 0 Å². The Bertz CT molecular complexity index is 2580. The van der Waals surface area contributed by atoms with E-state index in [-0.39, 0.29) is 168 Å². The van der Waals surface area contributed by atoms with Gasteiger partial charge in [-0.3, -0.25) is 28.8 Å². The second-order valence-corrected chi connectivity index (χ2v) is 33.9. The minimum Gasteiger partial charge on any atom is -0.463 e. The van der Waals surface area contributed by atoms with E-state index < -0.39 is 45.9 Å². The fourth-order valence-corrected chi connectivity index (χ4v) is 17.3. The van der Waals surface area contributed by atoms with E-state index in [0.717, 1.165) is 88.9 Å². The summed E-state index contributed by atoms with van der Waals surface area (Å²) >= 11 is 0. The Labute approximate surface area is 625 Å². The normalized spacial score (nSPS) is 30.7. The molecule has 11 aliphatic carbocycles. The zero-order valence-electron chi connectivity index (χ0n) is 60.1. The minimum atomic E-state index is -0.687. The molecule has 604 valence electrons. The lowest BCUT2D eigenvalue weighted by molar-refractivity contribution is -0.231. The molecule has 13 fully saturated rings.